The lowest BCUT2D eigenvalue weighted by atomic mass is 9.98. The van der Waals surface area contributed by atoms with Crippen LogP contribution in [-0.4, -0.2) is 13.1 Å². The molecule has 1 unspecified atom stereocenters. The number of ether oxygens (including phenoxy) is 2. The van der Waals surface area contributed by atoms with Crippen LogP contribution >= 0.6 is 0 Å². The summed E-state index contributed by atoms with van der Waals surface area (Å²) in [6, 6.07) is 5.51. The quantitative estimate of drug-likeness (QED) is 0.369. The number of hydrogen-bond donors (Lipinski definition) is 0. The van der Waals surface area contributed by atoms with Gasteiger partial charge in [-0.1, -0.05) is 39.5 Å². The Morgan fingerprint density at radius 1 is 1.14 bits per heavy atom. The van der Waals surface area contributed by atoms with Gasteiger partial charge in [-0.05, 0) is 37.0 Å². The van der Waals surface area contributed by atoms with Gasteiger partial charge in [-0.2, -0.15) is 0 Å². The van der Waals surface area contributed by atoms with E-state index in [1.54, 1.807) is 13.2 Å². The van der Waals surface area contributed by atoms with E-state index in [2.05, 4.69) is 13.8 Å². The molecule has 0 aromatic heterocycles. The van der Waals surface area contributed by atoms with Gasteiger partial charge in [0.2, 0.25) is 0 Å². The normalized spacial score (nSPS) is 12.0. The van der Waals surface area contributed by atoms with Gasteiger partial charge in [-0.15, -0.1) is 0 Å². The fourth-order valence-corrected chi connectivity index (χ4v) is 2.32. The number of hydrogen-bond acceptors (Lipinski definition) is 3. The Hall–Kier alpha value is -1.51. The zero-order valence-corrected chi connectivity index (χ0v) is 13.8. The first-order valence-corrected chi connectivity index (χ1v) is 7.91. The third-order valence-corrected chi connectivity index (χ3v) is 3.63. The fraction of sp³-hybridized carbons (Fsp3) is 0.611. The van der Waals surface area contributed by atoms with Gasteiger partial charge in [-0.25, -0.2) is 0 Å². The molecule has 0 aliphatic rings. The van der Waals surface area contributed by atoms with E-state index in [0.717, 1.165) is 12.0 Å². The molecule has 1 rings (SSSR count). The third kappa shape index (κ3) is 7.16. The first-order chi connectivity index (χ1) is 10.0. The number of carbonyl (C=O) groups excluding carboxylic acids is 1. The van der Waals surface area contributed by atoms with Crippen molar-refractivity contribution in [3.05, 3.63) is 23.8 Å². The van der Waals surface area contributed by atoms with Crippen LogP contribution in [0.15, 0.2) is 18.2 Å². The molecular weight excluding hydrogens is 264 g/mol. The molecule has 118 valence electrons. The van der Waals surface area contributed by atoms with Crippen molar-refractivity contribution in [2.45, 2.75) is 59.3 Å². The van der Waals surface area contributed by atoms with E-state index in [1.165, 1.54) is 25.7 Å². The molecule has 1 aromatic carbocycles. The molecule has 0 radical (unpaired) electrons. The Balaban J connectivity index is 2.38. The van der Waals surface area contributed by atoms with Gasteiger partial charge in [0, 0.05) is 12.5 Å². The lowest BCUT2D eigenvalue weighted by Gasteiger charge is -2.11. The number of unbranched alkanes of at least 4 members (excludes halogenated alkanes) is 2. The number of esters is 1. The molecule has 0 saturated heterocycles. The minimum Gasteiger partial charge on any atom is -0.497 e. The van der Waals surface area contributed by atoms with Crippen LogP contribution in [0.5, 0.6) is 11.5 Å². The lowest BCUT2D eigenvalue weighted by Crippen LogP contribution is -2.10. The molecule has 0 fully saturated rings. The number of carbonyl (C=O) groups is 1. The summed E-state index contributed by atoms with van der Waals surface area (Å²) in [5.41, 5.74) is 1.02. The fourth-order valence-electron chi connectivity index (χ4n) is 2.32. The Morgan fingerprint density at radius 2 is 1.86 bits per heavy atom. The summed E-state index contributed by atoms with van der Waals surface area (Å²) in [7, 11) is 1.61. The van der Waals surface area contributed by atoms with Crippen LogP contribution in [0.3, 0.4) is 0 Å². The molecule has 0 bridgehead atoms. The molecular formula is C18H28O3. The van der Waals surface area contributed by atoms with E-state index in [0.29, 0.717) is 23.8 Å². The monoisotopic (exact) mass is 292 g/mol. The van der Waals surface area contributed by atoms with Gasteiger partial charge in [0.25, 0.3) is 0 Å². The van der Waals surface area contributed by atoms with Gasteiger partial charge in [0.05, 0.1) is 7.11 Å². The summed E-state index contributed by atoms with van der Waals surface area (Å²) in [5.74, 6) is 1.70. The van der Waals surface area contributed by atoms with Crippen molar-refractivity contribution < 1.29 is 14.3 Å². The van der Waals surface area contributed by atoms with Crippen LogP contribution in [-0.2, 0) is 4.79 Å². The zero-order valence-electron chi connectivity index (χ0n) is 13.8. The van der Waals surface area contributed by atoms with E-state index < -0.39 is 0 Å². The highest BCUT2D eigenvalue weighted by Crippen LogP contribution is 2.23. The van der Waals surface area contributed by atoms with Crippen LogP contribution in [0.1, 0.15) is 57.9 Å². The summed E-state index contributed by atoms with van der Waals surface area (Å²) in [6.45, 7) is 6.37. The maximum atomic E-state index is 11.9. The number of benzene rings is 1. The Labute approximate surface area is 128 Å². The second-order valence-corrected chi connectivity index (χ2v) is 5.80. The van der Waals surface area contributed by atoms with Crippen molar-refractivity contribution in [1.29, 1.82) is 0 Å². The Kier molecular flexibility index (Phi) is 7.88. The highest BCUT2D eigenvalue weighted by molar-refractivity contribution is 5.72. The predicted octanol–water partition coefficient (Wildman–Crippen LogP) is 4.91. The molecule has 0 aliphatic heterocycles. The van der Waals surface area contributed by atoms with E-state index in [4.69, 9.17) is 9.47 Å². The zero-order chi connectivity index (χ0) is 15.7. The lowest BCUT2D eigenvalue weighted by molar-refractivity contribution is -0.134. The van der Waals surface area contributed by atoms with Gasteiger partial charge in [0.15, 0.2) is 0 Å². The van der Waals surface area contributed by atoms with E-state index in [1.807, 2.05) is 19.1 Å². The van der Waals surface area contributed by atoms with Crippen molar-refractivity contribution in [3.63, 3.8) is 0 Å². The molecule has 21 heavy (non-hydrogen) atoms. The molecule has 0 aliphatic carbocycles. The molecule has 1 aromatic rings. The minimum atomic E-state index is -0.162. The van der Waals surface area contributed by atoms with Crippen molar-refractivity contribution in [2.24, 2.45) is 5.92 Å². The standard InChI is InChI=1S/C18H28O3/c1-5-6-7-8-14(2)9-10-18(19)21-17-12-15(3)11-16(13-17)20-4/h11-14H,5-10H2,1-4H3. The summed E-state index contributed by atoms with van der Waals surface area (Å²) in [5, 5.41) is 0. The number of aryl methyl sites for hydroxylation is 1. The molecule has 0 amide bonds. The topological polar surface area (TPSA) is 35.5 Å². The van der Waals surface area contributed by atoms with Crippen LogP contribution in [0.25, 0.3) is 0 Å². The van der Waals surface area contributed by atoms with Crippen molar-refractivity contribution in [2.75, 3.05) is 7.11 Å². The van der Waals surface area contributed by atoms with Crippen molar-refractivity contribution in [1.82, 2.24) is 0 Å². The van der Waals surface area contributed by atoms with Gasteiger partial charge < -0.3 is 9.47 Å². The summed E-state index contributed by atoms with van der Waals surface area (Å²) in [4.78, 5) is 11.9. The van der Waals surface area contributed by atoms with E-state index in [9.17, 15) is 4.79 Å². The largest absolute Gasteiger partial charge is 0.497 e. The highest BCUT2D eigenvalue weighted by atomic mass is 16.5. The van der Waals surface area contributed by atoms with E-state index >= 15 is 0 Å². The highest BCUT2D eigenvalue weighted by Gasteiger charge is 2.10. The molecule has 3 nitrogen and oxygen atoms in total. The number of rotatable bonds is 9. The summed E-state index contributed by atoms with van der Waals surface area (Å²) >= 11 is 0. The maximum absolute atomic E-state index is 11.9. The third-order valence-electron chi connectivity index (χ3n) is 3.63. The molecule has 0 N–H and O–H groups in total. The van der Waals surface area contributed by atoms with Gasteiger partial charge in [-0.3, -0.25) is 4.79 Å². The van der Waals surface area contributed by atoms with Crippen molar-refractivity contribution in [3.8, 4) is 11.5 Å². The molecule has 1 atom stereocenters. The molecule has 0 spiro atoms. The smallest absolute Gasteiger partial charge is 0.311 e. The van der Waals surface area contributed by atoms with Crippen LogP contribution in [0.2, 0.25) is 0 Å². The van der Waals surface area contributed by atoms with Crippen molar-refractivity contribution >= 4 is 5.97 Å². The van der Waals surface area contributed by atoms with Crippen LogP contribution in [0.4, 0.5) is 0 Å². The molecule has 3 heteroatoms. The molecule has 0 heterocycles. The number of methoxy groups -OCH3 is 1. The van der Waals surface area contributed by atoms with Crippen LogP contribution < -0.4 is 9.47 Å². The second-order valence-electron chi connectivity index (χ2n) is 5.80. The van der Waals surface area contributed by atoms with Gasteiger partial charge >= 0.3 is 5.97 Å². The summed E-state index contributed by atoms with van der Waals surface area (Å²) < 4.78 is 10.6. The Morgan fingerprint density at radius 3 is 2.52 bits per heavy atom. The first-order valence-electron chi connectivity index (χ1n) is 7.91. The van der Waals surface area contributed by atoms with Crippen LogP contribution in [0, 0.1) is 12.8 Å². The SMILES string of the molecule is CCCCCC(C)CCC(=O)Oc1cc(C)cc(OC)c1. The first kappa shape index (κ1) is 17.5. The van der Waals surface area contributed by atoms with Gasteiger partial charge in [0.1, 0.15) is 11.5 Å². The summed E-state index contributed by atoms with van der Waals surface area (Å²) in [6.07, 6.45) is 6.33. The second kappa shape index (κ2) is 9.43. The molecule has 0 saturated carbocycles. The average Bonchev–Trinajstić information content (AvgIpc) is 2.44. The Bertz CT molecular complexity index is 440. The predicted molar refractivity (Wildman–Crippen MR) is 85.9 cm³/mol. The maximum Gasteiger partial charge on any atom is 0.311 e. The minimum absolute atomic E-state index is 0.162. The average molecular weight is 292 g/mol. The van der Waals surface area contributed by atoms with E-state index in [-0.39, 0.29) is 5.97 Å².